The highest BCUT2D eigenvalue weighted by Gasteiger charge is 2.26. The molecule has 1 aromatic heterocycles. The number of anilines is 2. The normalized spacial score (nSPS) is 14.9. The summed E-state index contributed by atoms with van der Waals surface area (Å²) in [7, 11) is 3.96. The third kappa shape index (κ3) is 5.70. The Kier molecular flexibility index (Phi) is 7.40. The van der Waals surface area contributed by atoms with E-state index in [1.54, 1.807) is 12.4 Å². The lowest BCUT2D eigenvalue weighted by atomic mass is 9.94. The molecule has 0 fully saturated rings. The smallest absolute Gasteiger partial charge is 0.248 e. The lowest BCUT2D eigenvalue weighted by Crippen LogP contribution is -2.25. The maximum atomic E-state index is 12.4. The van der Waals surface area contributed by atoms with Gasteiger partial charge in [0.1, 0.15) is 6.33 Å². The van der Waals surface area contributed by atoms with Crippen LogP contribution in [0.25, 0.3) is 10.9 Å². The molecular weight excluding hydrogens is 452 g/mol. The van der Waals surface area contributed by atoms with Gasteiger partial charge in [-0.1, -0.05) is 17.7 Å². The Balaban J connectivity index is 1.46. The Bertz CT molecular complexity index is 1240. The molecule has 2 heterocycles. The van der Waals surface area contributed by atoms with Crippen molar-refractivity contribution >= 4 is 45.7 Å². The van der Waals surface area contributed by atoms with E-state index in [0.29, 0.717) is 23.8 Å². The molecule has 176 valence electrons. The van der Waals surface area contributed by atoms with Crippen molar-refractivity contribution in [1.29, 1.82) is 0 Å². The summed E-state index contributed by atoms with van der Waals surface area (Å²) in [6.45, 7) is 2.14. The van der Waals surface area contributed by atoms with Gasteiger partial charge in [-0.2, -0.15) is 0 Å². The molecule has 0 saturated carbocycles. The molecule has 0 saturated heterocycles. The average molecular weight is 479 g/mol. The molecule has 1 unspecified atom stereocenters. The first-order valence-corrected chi connectivity index (χ1v) is 11.5. The minimum atomic E-state index is -0.385. The van der Waals surface area contributed by atoms with Gasteiger partial charge in [-0.05, 0) is 63.0 Å². The largest absolute Gasteiger partial charge is 0.384 e. The van der Waals surface area contributed by atoms with Crippen LogP contribution in [0.3, 0.4) is 0 Å². The molecule has 0 aliphatic carbocycles. The lowest BCUT2D eigenvalue weighted by Gasteiger charge is -2.13. The zero-order chi connectivity index (χ0) is 24.1. The summed E-state index contributed by atoms with van der Waals surface area (Å²) in [5.74, 6) is -0.640. The SMILES string of the molecule is CN(C)CCCNC(=O)C=CC(=O)Nc1ccc2ncnc(C3CNc4cc(Cl)ccc43)c2c1. The van der Waals surface area contributed by atoms with Crippen LogP contribution in [-0.2, 0) is 9.59 Å². The second kappa shape index (κ2) is 10.6. The minimum Gasteiger partial charge on any atom is -0.384 e. The maximum absolute atomic E-state index is 12.4. The van der Waals surface area contributed by atoms with E-state index < -0.39 is 0 Å². The monoisotopic (exact) mass is 478 g/mol. The van der Waals surface area contributed by atoms with Crippen molar-refractivity contribution in [2.75, 3.05) is 44.4 Å². The summed E-state index contributed by atoms with van der Waals surface area (Å²) in [6, 6.07) is 11.3. The number of amides is 2. The van der Waals surface area contributed by atoms with Gasteiger partial charge >= 0.3 is 0 Å². The van der Waals surface area contributed by atoms with Gasteiger partial charge in [-0.15, -0.1) is 0 Å². The molecule has 1 aliphatic rings. The third-order valence-corrected chi connectivity index (χ3v) is 5.85. The van der Waals surface area contributed by atoms with Crippen molar-refractivity contribution in [3.8, 4) is 0 Å². The number of benzene rings is 2. The van der Waals surface area contributed by atoms with Crippen LogP contribution < -0.4 is 16.0 Å². The fourth-order valence-corrected chi connectivity index (χ4v) is 4.16. The molecule has 3 N–H and O–H groups in total. The molecule has 3 aromatic rings. The third-order valence-electron chi connectivity index (χ3n) is 5.62. The molecule has 0 bridgehead atoms. The van der Waals surface area contributed by atoms with Gasteiger partial charge in [0, 0.05) is 52.9 Å². The number of fused-ring (bicyclic) bond motifs is 2. The van der Waals surface area contributed by atoms with Gasteiger partial charge < -0.3 is 20.9 Å². The molecule has 8 nitrogen and oxygen atoms in total. The van der Waals surface area contributed by atoms with Crippen LogP contribution in [0.15, 0.2) is 54.9 Å². The highest BCUT2D eigenvalue weighted by Crippen LogP contribution is 2.39. The molecule has 2 aromatic carbocycles. The summed E-state index contributed by atoms with van der Waals surface area (Å²) in [5.41, 5.74) is 4.39. The van der Waals surface area contributed by atoms with E-state index in [1.165, 1.54) is 12.2 Å². The zero-order valence-electron chi connectivity index (χ0n) is 19.1. The molecule has 9 heteroatoms. The number of rotatable bonds is 8. The quantitative estimate of drug-likeness (QED) is 0.339. The first-order chi connectivity index (χ1) is 16.4. The lowest BCUT2D eigenvalue weighted by molar-refractivity contribution is -0.117. The second-order valence-corrected chi connectivity index (χ2v) is 8.86. The fourth-order valence-electron chi connectivity index (χ4n) is 3.98. The number of hydrogen-bond donors (Lipinski definition) is 3. The summed E-state index contributed by atoms with van der Waals surface area (Å²) < 4.78 is 0. The van der Waals surface area contributed by atoms with E-state index in [9.17, 15) is 9.59 Å². The zero-order valence-corrected chi connectivity index (χ0v) is 19.9. The number of hydrogen-bond acceptors (Lipinski definition) is 6. The highest BCUT2D eigenvalue weighted by molar-refractivity contribution is 6.30. The predicted octanol–water partition coefficient (Wildman–Crippen LogP) is 3.40. The van der Waals surface area contributed by atoms with Crippen LogP contribution in [0.1, 0.15) is 23.6 Å². The number of nitrogens with zero attached hydrogens (tertiary/aromatic N) is 3. The number of carbonyl (C=O) groups excluding carboxylic acids is 2. The van der Waals surface area contributed by atoms with Crippen molar-refractivity contribution in [2.45, 2.75) is 12.3 Å². The van der Waals surface area contributed by atoms with Gasteiger partial charge in [-0.25, -0.2) is 9.97 Å². The number of aromatic nitrogens is 2. The second-order valence-electron chi connectivity index (χ2n) is 8.43. The minimum absolute atomic E-state index is 0.0415. The van der Waals surface area contributed by atoms with E-state index in [-0.39, 0.29) is 17.7 Å². The first-order valence-electron chi connectivity index (χ1n) is 11.1. The molecule has 4 rings (SSSR count). The first kappa shape index (κ1) is 23.7. The summed E-state index contributed by atoms with van der Waals surface area (Å²) in [6.07, 6.45) is 4.87. The molecule has 34 heavy (non-hydrogen) atoms. The Morgan fingerprint density at radius 1 is 1.15 bits per heavy atom. The Hall–Kier alpha value is -3.49. The van der Waals surface area contributed by atoms with E-state index in [2.05, 4.69) is 25.9 Å². The van der Waals surface area contributed by atoms with Crippen LogP contribution in [0.5, 0.6) is 0 Å². The summed E-state index contributed by atoms with van der Waals surface area (Å²) >= 11 is 6.13. The Morgan fingerprint density at radius 3 is 2.79 bits per heavy atom. The summed E-state index contributed by atoms with van der Waals surface area (Å²) in [5, 5.41) is 10.5. The van der Waals surface area contributed by atoms with E-state index in [4.69, 9.17) is 11.6 Å². The Labute approximate surface area is 203 Å². The number of nitrogens with one attached hydrogen (secondary N) is 3. The van der Waals surface area contributed by atoms with Crippen molar-refractivity contribution in [1.82, 2.24) is 20.2 Å². The standard InChI is InChI=1S/C25H27ClN6O2/c1-32(2)11-3-10-27-23(33)8-9-24(34)31-17-5-7-21-19(13-17)25(30-15-29-21)20-14-28-22-12-16(26)4-6-18(20)22/h4-9,12-13,15,20,28H,3,10-11,14H2,1-2H3,(H,27,33)(H,31,34). The van der Waals surface area contributed by atoms with Crippen molar-refractivity contribution in [2.24, 2.45) is 0 Å². The van der Waals surface area contributed by atoms with Crippen LogP contribution in [0.2, 0.25) is 5.02 Å². The van der Waals surface area contributed by atoms with Gasteiger partial charge in [0.25, 0.3) is 0 Å². The van der Waals surface area contributed by atoms with Gasteiger partial charge in [0.2, 0.25) is 11.8 Å². The van der Waals surface area contributed by atoms with Crippen molar-refractivity contribution < 1.29 is 9.59 Å². The van der Waals surface area contributed by atoms with Crippen LogP contribution >= 0.6 is 11.6 Å². The molecule has 0 radical (unpaired) electrons. The van der Waals surface area contributed by atoms with Crippen LogP contribution in [0, 0.1) is 0 Å². The molecular formula is C25H27ClN6O2. The topological polar surface area (TPSA) is 99.3 Å². The van der Waals surface area contributed by atoms with Gasteiger partial charge in [0.15, 0.2) is 0 Å². The average Bonchev–Trinajstić information content (AvgIpc) is 3.22. The van der Waals surface area contributed by atoms with Gasteiger partial charge in [0.05, 0.1) is 11.2 Å². The molecule has 0 spiro atoms. The Morgan fingerprint density at radius 2 is 1.97 bits per heavy atom. The number of halogens is 1. The van der Waals surface area contributed by atoms with E-state index in [1.807, 2.05) is 49.3 Å². The van der Waals surface area contributed by atoms with Crippen LogP contribution in [0.4, 0.5) is 11.4 Å². The maximum Gasteiger partial charge on any atom is 0.248 e. The predicted molar refractivity (Wildman–Crippen MR) is 135 cm³/mol. The van der Waals surface area contributed by atoms with E-state index in [0.717, 1.165) is 40.8 Å². The van der Waals surface area contributed by atoms with Crippen molar-refractivity contribution in [3.05, 3.63) is 71.2 Å². The van der Waals surface area contributed by atoms with E-state index >= 15 is 0 Å². The van der Waals surface area contributed by atoms with Gasteiger partial charge in [-0.3, -0.25) is 9.59 Å². The highest BCUT2D eigenvalue weighted by atomic mass is 35.5. The number of carbonyl (C=O) groups is 2. The molecule has 2 amide bonds. The van der Waals surface area contributed by atoms with Crippen LogP contribution in [-0.4, -0.2) is 60.4 Å². The fraction of sp³-hybridized carbons (Fsp3) is 0.280. The summed E-state index contributed by atoms with van der Waals surface area (Å²) in [4.78, 5) is 35.3. The molecule has 1 atom stereocenters. The van der Waals surface area contributed by atoms with Crippen molar-refractivity contribution in [3.63, 3.8) is 0 Å². The molecule has 1 aliphatic heterocycles.